The molecule has 1 aromatic heterocycles. The van der Waals surface area contributed by atoms with E-state index >= 15 is 0 Å². The second-order valence-electron chi connectivity index (χ2n) is 2.69. The zero-order valence-corrected chi connectivity index (χ0v) is 9.40. The van der Waals surface area contributed by atoms with Gasteiger partial charge in [0.2, 0.25) is 11.0 Å². The first-order chi connectivity index (χ1) is 7.34. The minimum Gasteiger partial charge on any atom is -0.363 e. The smallest absolute Gasteiger partial charge is 0.236 e. The van der Waals surface area contributed by atoms with Gasteiger partial charge < -0.3 is 5.32 Å². The monoisotopic (exact) mass is 243 g/mol. The molecule has 0 bridgehead atoms. The van der Waals surface area contributed by atoms with Crippen molar-refractivity contribution in [3.63, 3.8) is 0 Å². The van der Waals surface area contributed by atoms with Crippen molar-refractivity contribution >= 4 is 39.3 Å². The first-order valence-corrected chi connectivity index (χ1v) is 6.18. The van der Waals surface area contributed by atoms with Gasteiger partial charge in [-0.2, -0.15) is 0 Å². The molecule has 80 valence electrons. The average molecular weight is 243 g/mol. The lowest BCUT2D eigenvalue weighted by atomic mass is 10.7. The van der Waals surface area contributed by atoms with E-state index in [1.165, 1.54) is 23.1 Å². The molecule has 2 heterocycles. The van der Waals surface area contributed by atoms with Gasteiger partial charge in [-0.1, -0.05) is 23.1 Å². The van der Waals surface area contributed by atoms with Gasteiger partial charge in [0.05, 0.1) is 12.3 Å². The van der Waals surface area contributed by atoms with Crippen LogP contribution in [0.25, 0.3) is 0 Å². The highest BCUT2D eigenvalue weighted by Gasteiger charge is 2.09. The summed E-state index contributed by atoms with van der Waals surface area (Å²) in [4.78, 5) is 15.6. The van der Waals surface area contributed by atoms with Crippen molar-refractivity contribution < 1.29 is 4.79 Å². The van der Waals surface area contributed by atoms with Crippen molar-refractivity contribution in [2.75, 3.05) is 24.2 Å². The van der Waals surface area contributed by atoms with Crippen LogP contribution in [0, 0.1) is 0 Å². The van der Waals surface area contributed by atoms with E-state index in [2.05, 4.69) is 25.8 Å². The molecule has 15 heavy (non-hydrogen) atoms. The Morgan fingerprint density at radius 1 is 1.73 bits per heavy atom. The van der Waals surface area contributed by atoms with Crippen molar-refractivity contribution in [3.05, 3.63) is 5.51 Å². The van der Waals surface area contributed by atoms with Gasteiger partial charge in [0.15, 0.2) is 5.17 Å². The Hall–Kier alpha value is -1.15. The van der Waals surface area contributed by atoms with E-state index < -0.39 is 0 Å². The van der Waals surface area contributed by atoms with Gasteiger partial charge in [0.25, 0.3) is 0 Å². The number of amidine groups is 1. The standard InChI is InChI=1S/C7H9N5OS2/c13-5(11-7-12-10-4-15-7)3-14-6-8-1-2-9-6/h4H,1-3H2,(H,8,9)(H,11,12,13). The van der Waals surface area contributed by atoms with Crippen LogP contribution in [0.4, 0.5) is 5.13 Å². The molecule has 6 nitrogen and oxygen atoms in total. The van der Waals surface area contributed by atoms with Crippen LogP contribution >= 0.6 is 23.1 Å². The Bertz CT molecular complexity index is 363. The number of hydrogen-bond donors (Lipinski definition) is 2. The molecule has 0 radical (unpaired) electrons. The van der Waals surface area contributed by atoms with E-state index in [0.717, 1.165) is 18.3 Å². The fourth-order valence-corrected chi connectivity index (χ4v) is 2.18. The largest absolute Gasteiger partial charge is 0.363 e. The summed E-state index contributed by atoms with van der Waals surface area (Å²) in [6, 6.07) is 0. The van der Waals surface area contributed by atoms with E-state index in [9.17, 15) is 4.79 Å². The van der Waals surface area contributed by atoms with Crippen LogP contribution in [0.5, 0.6) is 0 Å². The van der Waals surface area contributed by atoms with Crippen LogP contribution in [0.2, 0.25) is 0 Å². The van der Waals surface area contributed by atoms with E-state index in [-0.39, 0.29) is 5.91 Å². The van der Waals surface area contributed by atoms with E-state index in [1.807, 2.05) is 0 Å². The summed E-state index contributed by atoms with van der Waals surface area (Å²) in [6.07, 6.45) is 0. The van der Waals surface area contributed by atoms with Crippen molar-refractivity contribution in [1.82, 2.24) is 15.5 Å². The number of nitrogens with zero attached hydrogens (tertiary/aromatic N) is 3. The highest BCUT2D eigenvalue weighted by Crippen LogP contribution is 2.10. The summed E-state index contributed by atoms with van der Waals surface area (Å²) in [6.45, 7) is 1.65. The van der Waals surface area contributed by atoms with Crippen LogP contribution in [-0.4, -0.2) is 40.1 Å². The maximum atomic E-state index is 11.4. The van der Waals surface area contributed by atoms with Crippen molar-refractivity contribution in [3.8, 4) is 0 Å². The van der Waals surface area contributed by atoms with Crippen LogP contribution in [-0.2, 0) is 4.79 Å². The Morgan fingerprint density at radius 2 is 2.67 bits per heavy atom. The molecular formula is C7H9N5OS2. The fourth-order valence-electron chi connectivity index (χ4n) is 0.990. The Kier molecular flexibility index (Phi) is 3.51. The van der Waals surface area contributed by atoms with Gasteiger partial charge in [-0.25, -0.2) is 0 Å². The summed E-state index contributed by atoms with van der Waals surface area (Å²) in [5, 5.41) is 14.4. The summed E-state index contributed by atoms with van der Waals surface area (Å²) >= 11 is 2.70. The second kappa shape index (κ2) is 5.08. The highest BCUT2D eigenvalue weighted by molar-refractivity contribution is 8.14. The third-order valence-electron chi connectivity index (χ3n) is 1.59. The molecule has 0 saturated carbocycles. The lowest BCUT2D eigenvalue weighted by Gasteiger charge is -2.01. The minimum atomic E-state index is -0.0897. The third kappa shape index (κ3) is 3.17. The first-order valence-electron chi connectivity index (χ1n) is 4.32. The second-order valence-corrected chi connectivity index (χ2v) is 4.49. The van der Waals surface area contributed by atoms with Crippen LogP contribution < -0.4 is 10.6 Å². The summed E-state index contributed by atoms with van der Waals surface area (Å²) in [5.41, 5.74) is 1.57. The number of carbonyl (C=O) groups is 1. The number of rotatable bonds is 3. The molecule has 1 aliphatic heterocycles. The minimum absolute atomic E-state index is 0.0897. The maximum Gasteiger partial charge on any atom is 0.236 e. The van der Waals surface area contributed by atoms with Crippen LogP contribution in [0.1, 0.15) is 0 Å². The molecule has 2 N–H and O–H groups in total. The summed E-state index contributed by atoms with van der Waals surface area (Å²) in [7, 11) is 0. The lowest BCUT2D eigenvalue weighted by Crippen LogP contribution is -2.20. The number of carbonyl (C=O) groups excluding carboxylic acids is 1. The SMILES string of the molecule is O=C(CSC1=NCCN1)Nc1nncs1. The first kappa shape index (κ1) is 10.4. The molecule has 0 saturated heterocycles. The molecule has 1 amide bonds. The molecule has 0 aromatic carbocycles. The summed E-state index contributed by atoms with van der Waals surface area (Å²) in [5.74, 6) is 0.249. The quantitative estimate of drug-likeness (QED) is 0.791. The molecule has 0 fully saturated rings. The molecule has 8 heteroatoms. The molecule has 0 atom stereocenters. The fraction of sp³-hybridized carbons (Fsp3) is 0.429. The number of hydrogen-bond acceptors (Lipinski definition) is 7. The van der Waals surface area contributed by atoms with Crippen molar-refractivity contribution in [1.29, 1.82) is 0 Å². The molecule has 0 aliphatic carbocycles. The molecule has 0 unspecified atom stereocenters. The predicted octanol–water partition coefficient (Wildman–Crippen LogP) is 0.169. The topological polar surface area (TPSA) is 79.3 Å². The number of anilines is 1. The molecule has 1 aliphatic rings. The van der Waals surface area contributed by atoms with Crippen molar-refractivity contribution in [2.45, 2.75) is 0 Å². The highest BCUT2D eigenvalue weighted by atomic mass is 32.2. The lowest BCUT2D eigenvalue weighted by molar-refractivity contribution is -0.113. The van der Waals surface area contributed by atoms with Gasteiger partial charge in [-0.3, -0.25) is 15.1 Å². The van der Waals surface area contributed by atoms with Gasteiger partial charge in [-0.15, -0.1) is 10.2 Å². The summed E-state index contributed by atoms with van der Waals surface area (Å²) < 4.78 is 0. The molecular weight excluding hydrogens is 234 g/mol. The molecule has 2 rings (SSSR count). The van der Waals surface area contributed by atoms with Gasteiger partial charge in [-0.05, 0) is 0 Å². The average Bonchev–Trinajstić information content (AvgIpc) is 2.86. The zero-order valence-electron chi connectivity index (χ0n) is 7.77. The maximum absolute atomic E-state index is 11.4. The van der Waals surface area contributed by atoms with Gasteiger partial charge in [0.1, 0.15) is 5.51 Å². The number of aliphatic imine (C=N–C) groups is 1. The molecule has 0 spiro atoms. The number of thioether (sulfide) groups is 1. The van der Waals surface area contributed by atoms with Crippen LogP contribution in [0.15, 0.2) is 10.5 Å². The Labute approximate surface area is 94.6 Å². The van der Waals surface area contributed by atoms with E-state index in [1.54, 1.807) is 5.51 Å². The van der Waals surface area contributed by atoms with Gasteiger partial charge >= 0.3 is 0 Å². The molecule has 1 aromatic rings. The van der Waals surface area contributed by atoms with Crippen LogP contribution in [0.3, 0.4) is 0 Å². The predicted molar refractivity (Wildman–Crippen MR) is 61.3 cm³/mol. The van der Waals surface area contributed by atoms with E-state index in [4.69, 9.17) is 0 Å². The third-order valence-corrected chi connectivity index (χ3v) is 3.15. The van der Waals surface area contributed by atoms with Gasteiger partial charge in [0, 0.05) is 6.54 Å². The Morgan fingerprint density at radius 3 is 3.33 bits per heavy atom. The van der Waals surface area contributed by atoms with Crippen molar-refractivity contribution in [2.24, 2.45) is 4.99 Å². The number of nitrogens with one attached hydrogen (secondary N) is 2. The Balaban J connectivity index is 1.73. The zero-order chi connectivity index (χ0) is 10.5. The van der Waals surface area contributed by atoms with E-state index in [0.29, 0.717) is 10.9 Å². The normalized spacial score (nSPS) is 14.5. The number of aromatic nitrogens is 2. The number of amides is 1.